The standard InChI is InChI=1S/C14H12N2O/c17-14-6-2-4-12-11(3-1-5-13(12)14)10-7-15-9-16-8-10/h1,3,5,7-9H,2,4,6H2. The maximum atomic E-state index is 11.8. The van der Waals surface area contributed by atoms with Gasteiger partial charge in [-0.15, -0.1) is 0 Å². The van der Waals surface area contributed by atoms with Crippen LogP contribution in [0, 0.1) is 0 Å². The van der Waals surface area contributed by atoms with Crippen LogP contribution in [0.4, 0.5) is 0 Å². The van der Waals surface area contributed by atoms with E-state index in [-0.39, 0.29) is 5.78 Å². The summed E-state index contributed by atoms with van der Waals surface area (Å²) in [5.41, 5.74) is 4.10. The molecule has 0 spiro atoms. The summed E-state index contributed by atoms with van der Waals surface area (Å²) in [6, 6.07) is 5.89. The lowest BCUT2D eigenvalue weighted by Gasteiger charge is -2.18. The molecule has 0 amide bonds. The van der Waals surface area contributed by atoms with Crippen LogP contribution in [-0.4, -0.2) is 15.8 Å². The Morgan fingerprint density at radius 3 is 2.59 bits per heavy atom. The fraction of sp³-hybridized carbons (Fsp3) is 0.214. The Balaban J connectivity index is 2.19. The van der Waals surface area contributed by atoms with Crippen molar-refractivity contribution in [3.63, 3.8) is 0 Å². The molecule has 1 aliphatic carbocycles. The summed E-state index contributed by atoms with van der Waals surface area (Å²) < 4.78 is 0. The van der Waals surface area contributed by atoms with E-state index < -0.39 is 0 Å². The summed E-state index contributed by atoms with van der Waals surface area (Å²) in [7, 11) is 0. The summed E-state index contributed by atoms with van der Waals surface area (Å²) in [5, 5.41) is 0. The molecule has 17 heavy (non-hydrogen) atoms. The second kappa shape index (κ2) is 4.09. The molecule has 0 saturated carbocycles. The molecule has 0 atom stereocenters. The average Bonchev–Trinajstić information content (AvgIpc) is 2.40. The molecule has 2 aromatic rings. The third kappa shape index (κ3) is 1.73. The largest absolute Gasteiger partial charge is 0.294 e. The van der Waals surface area contributed by atoms with Crippen molar-refractivity contribution in [3.8, 4) is 11.1 Å². The molecule has 0 fully saturated rings. The number of benzene rings is 1. The molecule has 3 heteroatoms. The van der Waals surface area contributed by atoms with E-state index in [4.69, 9.17) is 0 Å². The van der Waals surface area contributed by atoms with Gasteiger partial charge in [-0.2, -0.15) is 0 Å². The van der Waals surface area contributed by atoms with Crippen molar-refractivity contribution in [1.82, 2.24) is 9.97 Å². The van der Waals surface area contributed by atoms with Gasteiger partial charge in [-0.1, -0.05) is 18.2 Å². The zero-order valence-electron chi connectivity index (χ0n) is 9.39. The molecule has 1 heterocycles. The molecule has 0 aliphatic heterocycles. The average molecular weight is 224 g/mol. The summed E-state index contributed by atoms with van der Waals surface area (Å²) in [6.07, 6.45) is 7.68. The molecule has 1 aliphatic rings. The van der Waals surface area contributed by atoms with E-state index in [0.717, 1.165) is 35.1 Å². The van der Waals surface area contributed by atoms with Gasteiger partial charge >= 0.3 is 0 Å². The normalized spacial score (nSPS) is 14.5. The van der Waals surface area contributed by atoms with Gasteiger partial charge in [0.25, 0.3) is 0 Å². The lowest BCUT2D eigenvalue weighted by atomic mass is 9.86. The number of carbonyl (C=O) groups excluding carboxylic acids is 1. The zero-order chi connectivity index (χ0) is 11.7. The highest BCUT2D eigenvalue weighted by Crippen LogP contribution is 2.30. The van der Waals surface area contributed by atoms with E-state index in [2.05, 4.69) is 9.97 Å². The summed E-state index contributed by atoms with van der Waals surface area (Å²) in [6.45, 7) is 0. The predicted molar refractivity (Wildman–Crippen MR) is 64.7 cm³/mol. The first-order valence-electron chi connectivity index (χ1n) is 5.77. The fourth-order valence-electron chi connectivity index (χ4n) is 2.39. The number of aromatic nitrogens is 2. The van der Waals surface area contributed by atoms with Crippen LogP contribution in [0.3, 0.4) is 0 Å². The van der Waals surface area contributed by atoms with E-state index in [1.165, 1.54) is 6.33 Å². The second-order valence-corrected chi connectivity index (χ2v) is 4.24. The maximum absolute atomic E-state index is 11.8. The molecule has 0 bridgehead atoms. The Morgan fingerprint density at radius 2 is 1.76 bits per heavy atom. The zero-order valence-corrected chi connectivity index (χ0v) is 9.39. The number of fused-ring (bicyclic) bond motifs is 1. The molecule has 3 nitrogen and oxygen atoms in total. The highest BCUT2D eigenvalue weighted by atomic mass is 16.1. The minimum absolute atomic E-state index is 0.255. The lowest BCUT2D eigenvalue weighted by Crippen LogP contribution is -2.11. The molecule has 0 saturated heterocycles. The molecular weight excluding hydrogens is 212 g/mol. The van der Waals surface area contributed by atoms with Gasteiger partial charge in [0.05, 0.1) is 0 Å². The van der Waals surface area contributed by atoms with Gasteiger partial charge in [0.15, 0.2) is 5.78 Å². The molecule has 1 aromatic heterocycles. The van der Waals surface area contributed by atoms with E-state index in [1.807, 2.05) is 18.2 Å². The van der Waals surface area contributed by atoms with Crippen LogP contribution in [0.5, 0.6) is 0 Å². The number of Topliss-reactive ketones (excluding diaryl/α,β-unsaturated/α-hetero) is 1. The van der Waals surface area contributed by atoms with Crippen molar-refractivity contribution >= 4 is 5.78 Å². The van der Waals surface area contributed by atoms with Gasteiger partial charge in [0, 0.05) is 29.9 Å². The van der Waals surface area contributed by atoms with Gasteiger partial charge in [0.1, 0.15) is 6.33 Å². The molecule has 0 N–H and O–H groups in total. The molecule has 1 aromatic carbocycles. The van der Waals surface area contributed by atoms with Crippen LogP contribution in [0.2, 0.25) is 0 Å². The topological polar surface area (TPSA) is 42.9 Å². The smallest absolute Gasteiger partial charge is 0.163 e. The van der Waals surface area contributed by atoms with Crippen molar-refractivity contribution in [2.75, 3.05) is 0 Å². The van der Waals surface area contributed by atoms with E-state index >= 15 is 0 Å². The van der Waals surface area contributed by atoms with Crippen molar-refractivity contribution < 1.29 is 4.79 Å². The van der Waals surface area contributed by atoms with E-state index in [9.17, 15) is 4.79 Å². The molecule has 0 radical (unpaired) electrons. The number of nitrogens with zero attached hydrogens (tertiary/aromatic N) is 2. The monoisotopic (exact) mass is 224 g/mol. The third-order valence-electron chi connectivity index (χ3n) is 3.18. The summed E-state index contributed by atoms with van der Waals surface area (Å²) >= 11 is 0. The van der Waals surface area contributed by atoms with Crippen molar-refractivity contribution in [3.05, 3.63) is 48.0 Å². The van der Waals surface area contributed by atoms with E-state index in [0.29, 0.717) is 6.42 Å². The molecule has 84 valence electrons. The fourth-order valence-corrected chi connectivity index (χ4v) is 2.39. The highest BCUT2D eigenvalue weighted by Gasteiger charge is 2.19. The van der Waals surface area contributed by atoms with Crippen molar-refractivity contribution in [2.24, 2.45) is 0 Å². The van der Waals surface area contributed by atoms with Crippen LogP contribution in [0.1, 0.15) is 28.8 Å². The van der Waals surface area contributed by atoms with Gasteiger partial charge in [-0.25, -0.2) is 9.97 Å². The van der Waals surface area contributed by atoms with Crippen LogP contribution >= 0.6 is 0 Å². The number of hydrogen-bond donors (Lipinski definition) is 0. The van der Waals surface area contributed by atoms with Crippen LogP contribution in [0.15, 0.2) is 36.9 Å². The Labute approximate surface area is 99.5 Å². The second-order valence-electron chi connectivity index (χ2n) is 4.24. The summed E-state index contributed by atoms with van der Waals surface area (Å²) in [5.74, 6) is 0.255. The van der Waals surface area contributed by atoms with Gasteiger partial charge < -0.3 is 0 Å². The van der Waals surface area contributed by atoms with E-state index in [1.54, 1.807) is 12.4 Å². The minimum Gasteiger partial charge on any atom is -0.294 e. The number of ketones is 1. The van der Waals surface area contributed by atoms with Gasteiger partial charge in [-0.05, 0) is 24.0 Å². The maximum Gasteiger partial charge on any atom is 0.163 e. The number of carbonyl (C=O) groups is 1. The van der Waals surface area contributed by atoms with Gasteiger partial charge in [-0.3, -0.25) is 4.79 Å². The first-order chi connectivity index (χ1) is 8.36. The first kappa shape index (κ1) is 10.1. The third-order valence-corrected chi connectivity index (χ3v) is 3.18. The van der Waals surface area contributed by atoms with Crippen LogP contribution in [0.25, 0.3) is 11.1 Å². The Morgan fingerprint density at radius 1 is 1.00 bits per heavy atom. The van der Waals surface area contributed by atoms with Crippen molar-refractivity contribution in [1.29, 1.82) is 0 Å². The molecule has 0 unspecified atom stereocenters. The lowest BCUT2D eigenvalue weighted by molar-refractivity contribution is 0.0972. The van der Waals surface area contributed by atoms with Crippen LogP contribution in [-0.2, 0) is 6.42 Å². The molecular formula is C14H12N2O. The quantitative estimate of drug-likeness (QED) is 0.747. The minimum atomic E-state index is 0.255. The van der Waals surface area contributed by atoms with Gasteiger partial charge in [0.2, 0.25) is 0 Å². The molecule has 3 rings (SSSR count). The first-order valence-corrected chi connectivity index (χ1v) is 5.77. The Bertz CT molecular complexity index is 564. The van der Waals surface area contributed by atoms with Crippen LogP contribution < -0.4 is 0 Å². The SMILES string of the molecule is O=C1CCCc2c1cccc2-c1cncnc1. The summed E-state index contributed by atoms with van der Waals surface area (Å²) in [4.78, 5) is 19.9. The Kier molecular flexibility index (Phi) is 2.44. The number of hydrogen-bond acceptors (Lipinski definition) is 3. The number of rotatable bonds is 1. The van der Waals surface area contributed by atoms with Crippen molar-refractivity contribution in [2.45, 2.75) is 19.3 Å². The highest BCUT2D eigenvalue weighted by molar-refractivity contribution is 6.00. The predicted octanol–water partition coefficient (Wildman–Crippen LogP) is 2.66. The Hall–Kier alpha value is -2.03.